The van der Waals surface area contributed by atoms with Crippen LogP contribution in [0, 0.1) is 0 Å². The number of anilines is 1. The molecular formula is C20H20N4O4S. The Kier molecular flexibility index (Phi) is 4.62. The van der Waals surface area contributed by atoms with E-state index in [1.165, 1.54) is 13.0 Å². The normalized spacial score (nSPS) is 18.7. The van der Waals surface area contributed by atoms with Crippen LogP contribution < -0.4 is 10.0 Å². The number of nitrogens with zero attached hydrogens (tertiary/aromatic N) is 2. The summed E-state index contributed by atoms with van der Waals surface area (Å²) in [5.74, 6) is -0.188. The summed E-state index contributed by atoms with van der Waals surface area (Å²) in [6.07, 6.45) is 0. The quantitative estimate of drug-likeness (QED) is 0.798. The van der Waals surface area contributed by atoms with E-state index < -0.39 is 16.1 Å². The number of benzene rings is 2. The molecule has 0 aromatic heterocycles. The molecule has 2 aromatic carbocycles. The highest BCUT2D eigenvalue weighted by Crippen LogP contribution is 2.26. The third-order valence-electron chi connectivity index (χ3n) is 5.01. The van der Waals surface area contributed by atoms with Crippen LogP contribution in [0.15, 0.2) is 52.4 Å². The Bertz CT molecular complexity index is 1160. The highest BCUT2D eigenvalue weighted by Gasteiger charge is 2.31. The zero-order valence-corrected chi connectivity index (χ0v) is 16.8. The van der Waals surface area contributed by atoms with Gasteiger partial charge in [-0.1, -0.05) is 18.2 Å². The van der Waals surface area contributed by atoms with E-state index in [1.54, 1.807) is 36.1 Å². The summed E-state index contributed by atoms with van der Waals surface area (Å²) < 4.78 is 26.7. The molecule has 1 atom stereocenters. The number of sulfonamides is 1. The first kappa shape index (κ1) is 19.1. The van der Waals surface area contributed by atoms with Crippen molar-refractivity contribution in [3.05, 3.63) is 59.2 Å². The summed E-state index contributed by atoms with van der Waals surface area (Å²) >= 11 is 0. The predicted molar refractivity (Wildman–Crippen MR) is 108 cm³/mol. The molecule has 0 aliphatic carbocycles. The minimum atomic E-state index is -3.65. The average molecular weight is 412 g/mol. The van der Waals surface area contributed by atoms with Crippen molar-refractivity contribution in [2.24, 2.45) is 4.99 Å². The summed E-state index contributed by atoms with van der Waals surface area (Å²) in [6.45, 7) is 4.22. The van der Waals surface area contributed by atoms with E-state index in [0.29, 0.717) is 24.3 Å². The van der Waals surface area contributed by atoms with E-state index in [9.17, 15) is 18.0 Å². The van der Waals surface area contributed by atoms with Gasteiger partial charge in [-0.2, -0.15) is 0 Å². The van der Waals surface area contributed by atoms with Crippen molar-refractivity contribution in [1.29, 1.82) is 0 Å². The summed E-state index contributed by atoms with van der Waals surface area (Å²) in [7, 11) is -3.65. The molecule has 2 aliphatic rings. The van der Waals surface area contributed by atoms with Crippen molar-refractivity contribution in [3.8, 4) is 0 Å². The number of fused-ring (bicyclic) bond motifs is 2. The van der Waals surface area contributed by atoms with E-state index in [2.05, 4.69) is 15.0 Å². The van der Waals surface area contributed by atoms with Crippen LogP contribution in [0.5, 0.6) is 0 Å². The van der Waals surface area contributed by atoms with E-state index >= 15 is 0 Å². The van der Waals surface area contributed by atoms with Crippen molar-refractivity contribution in [2.45, 2.75) is 37.9 Å². The van der Waals surface area contributed by atoms with Gasteiger partial charge in [-0.15, -0.1) is 0 Å². The van der Waals surface area contributed by atoms with Gasteiger partial charge in [0.25, 0.3) is 10.0 Å². The first-order chi connectivity index (χ1) is 13.7. The Morgan fingerprint density at radius 2 is 1.86 bits per heavy atom. The molecule has 9 heteroatoms. The summed E-state index contributed by atoms with van der Waals surface area (Å²) in [5, 5.41) is 2.81. The second kappa shape index (κ2) is 7.00. The summed E-state index contributed by atoms with van der Waals surface area (Å²) in [6, 6.07) is 11.2. The van der Waals surface area contributed by atoms with Crippen LogP contribution in [0.2, 0.25) is 0 Å². The molecule has 0 radical (unpaired) electrons. The molecule has 2 N–H and O–H groups in total. The van der Waals surface area contributed by atoms with Crippen LogP contribution in [0.25, 0.3) is 0 Å². The third kappa shape index (κ3) is 3.61. The first-order valence-electron chi connectivity index (χ1n) is 9.13. The van der Waals surface area contributed by atoms with Gasteiger partial charge in [-0.25, -0.2) is 8.42 Å². The van der Waals surface area contributed by atoms with Gasteiger partial charge in [0.1, 0.15) is 11.9 Å². The monoisotopic (exact) mass is 412 g/mol. The van der Waals surface area contributed by atoms with Crippen molar-refractivity contribution in [2.75, 3.05) is 5.32 Å². The van der Waals surface area contributed by atoms with Crippen molar-refractivity contribution < 1.29 is 18.0 Å². The number of aliphatic imine (C=N–C) groups is 1. The maximum absolute atomic E-state index is 12.6. The summed E-state index contributed by atoms with van der Waals surface area (Å²) in [5.41, 5.74) is 3.12. The van der Waals surface area contributed by atoms with Gasteiger partial charge in [-0.05, 0) is 42.3 Å². The largest absolute Gasteiger partial charge is 0.334 e. The standard InChI is InChI=1S/C20H20N4O4S/c1-12(21-19-17-5-3-4-6-18(17)29(27,28)23-19)20(26)22-16-8-7-14-10-24(13(2)25)11-15(14)9-16/h3-9,12H,10-11H2,1-2H3,(H,21,23)(H,22,26). The minimum absolute atomic E-state index is 0.00975. The molecule has 0 bridgehead atoms. The molecular weight excluding hydrogens is 392 g/mol. The first-order valence-corrected chi connectivity index (χ1v) is 10.6. The Morgan fingerprint density at radius 3 is 2.62 bits per heavy atom. The second-order valence-electron chi connectivity index (χ2n) is 7.10. The lowest BCUT2D eigenvalue weighted by Gasteiger charge is -2.11. The Hall–Kier alpha value is -3.20. The fraction of sp³-hybridized carbons (Fsp3) is 0.250. The molecule has 2 amide bonds. The zero-order chi connectivity index (χ0) is 20.8. The Balaban J connectivity index is 1.50. The number of carbonyl (C=O) groups is 2. The molecule has 150 valence electrons. The van der Waals surface area contributed by atoms with Crippen LogP contribution in [0.4, 0.5) is 5.69 Å². The fourth-order valence-corrected chi connectivity index (χ4v) is 4.66. The van der Waals surface area contributed by atoms with Gasteiger partial charge >= 0.3 is 0 Å². The van der Waals surface area contributed by atoms with Gasteiger partial charge in [-0.3, -0.25) is 19.3 Å². The number of amidine groups is 1. The molecule has 0 spiro atoms. The predicted octanol–water partition coefficient (Wildman–Crippen LogP) is 1.61. The molecule has 2 aliphatic heterocycles. The molecule has 0 fully saturated rings. The maximum atomic E-state index is 12.6. The van der Waals surface area contributed by atoms with Crippen molar-refractivity contribution in [3.63, 3.8) is 0 Å². The number of rotatable bonds is 3. The lowest BCUT2D eigenvalue weighted by molar-refractivity contribution is -0.129. The molecule has 1 unspecified atom stereocenters. The van der Waals surface area contributed by atoms with Crippen LogP contribution in [-0.2, 0) is 32.7 Å². The highest BCUT2D eigenvalue weighted by atomic mass is 32.2. The van der Waals surface area contributed by atoms with Gasteiger partial charge in [0.2, 0.25) is 11.8 Å². The van der Waals surface area contributed by atoms with Crippen LogP contribution >= 0.6 is 0 Å². The minimum Gasteiger partial charge on any atom is -0.334 e. The van der Waals surface area contributed by atoms with E-state index in [4.69, 9.17) is 0 Å². The lowest BCUT2D eigenvalue weighted by atomic mass is 10.1. The average Bonchev–Trinajstić information content (AvgIpc) is 3.21. The highest BCUT2D eigenvalue weighted by molar-refractivity contribution is 7.90. The van der Waals surface area contributed by atoms with E-state index in [-0.39, 0.29) is 22.5 Å². The van der Waals surface area contributed by atoms with Gasteiger partial charge in [0, 0.05) is 31.3 Å². The maximum Gasteiger partial charge on any atom is 0.263 e. The Labute approximate surface area is 168 Å². The van der Waals surface area contributed by atoms with Crippen LogP contribution in [0.3, 0.4) is 0 Å². The summed E-state index contributed by atoms with van der Waals surface area (Å²) in [4.78, 5) is 30.3. The third-order valence-corrected chi connectivity index (χ3v) is 6.40. The molecule has 4 rings (SSSR count). The van der Waals surface area contributed by atoms with Gasteiger partial charge in [0.05, 0.1) is 4.90 Å². The van der Waals surface area contributed by atoms with Gasteiger partial charge in [0.15, 0.2) is 0 Å². The lowest BCUT2D eigenvalue weighted by Crippen LogP contribution is -2.28. The Morgan fingerprint density at radius 1 is 1.14 bits per heavy atom. The number of hydrogen-bond acceptors (Lipinski definition) is 5. The van der Waals surface area contributed by atoms with Crippen molar-refractivity contribution >= 4 is 33.4 Å². The van der Waals surface area contributed by atoms with Crippen molar-refractivity contribution in [1.82, 2.24) is 9.62 Å². The molecule has 2 aromatic rings. The smallest absolute Gasteiger partial charge is 0.263 e. The molecule has 2 heterocycles. The molecule has 0 saturated carbocycles. The van der Waals surface area contributed by atoms with Gasteiger partial charge < -0.3 is 10.2 Å². The molecule has 29 heavy (non-hydrogen) atoms. The van der Waals surface area contributed by atoms with E-state index in [1.807, 2.05) is 12.1 Å². The van der Waals surface area contributed by atoms with Crippen LogP contribution in [-0.4, -0.2) is 37.0 Å². The van der Waals surface area contributed by atoms with E-state index in [0.717, 1.165) is 11.1 Å². The topological polar surface area (TPSA) is 108 Å². The molecule has 0 saturated heterocycles. The number of amides is 2. The zero-order valence-electron chi connectivity index (χ0n) is 16.0. The molecule has 8 nitrogen and oxygen atoms in total. The van der Waals surface area contributed by atoms with Crippen LogP contribution in [0.1, 0.15) is 30.5 Å². The second-order valence-corrected chi connectivity index (χ2v) is 8.75. The number of nitrogens with one attached hydrogen (secondary N) is 2. The number of hydrogen-bond donors (Lipinski definition) is 2. The SMILES string of the molecule is CC(=O)N1Cc2ccc(NC(=O)C(C)N=C3NS(=O)(=O)c4ccccc43)cc2C1. The number of carbonyl (C=O) groups excluding carboxylic acids is 2. The fourth-order valence-electron chi connectivity index (χ4n) is 3.42.